The first-order valence-electron chi connectivity index (χ1n) is 7.93. The second-order valence-electron chi connectivity index (χ2n) is 5.68. The summed E-state index contributed by atoms with van der Waals surface area (Å²) in [6, 6.07) is 6.62. The highest BCUT2D eigenvalue weighted by molar-refractivity contribution is 8.01. The fourth-order valence-electron chi connectivity index (χ4n) is 2.51. The Kier molecular flexibility index (Phi) is 5.79. The molecule has 0 fully saturated rings. The largest absolute Gasteiger partial charge is 0.364 e. The first-order valence-corrected chi connectivity index (χ1v) is 9.80. The van der Waals surface area contributed by atoms with Gasteiger partial charge in [0.15, 0.2) is 0 Å². The van der Waals surface area contributed by atoms with Gasteiger partial charge in [-0.15, -0.1) is 23.1 Å². The molecule has 0 saturated heterocycles. The van der Waals surface area contributed by atoms with Crippen LogP contribution in [0.5, 0.6) is 0 Å². The number of carbonyl (C=O) groups is 3. The van der Waals surface area contributed by atoms with Crippen LogP contribution in [0.2, 0.25) is 0 Å². The van der Waals surface area contributed by atoms with E-state index in [1.807, 2.05) is 29.7 Å². The molecule has 136 valence electrons. The average Bonchev–Trinajstić information content (AvgIpc) is 3.31. The molecule has 0 aliphatic carbocycles. The molecule has 7 nitrogen and oxygen atoms in total. The van der Waals surface area contributed by atoms with E-state index in [1.54, 1.807) is 16.2 Å². The van der Waals surface area contributed by atoms with Crippen LogP contribution < -0.4 is 11.1 Å². The van der Waals surface area contributed by atoms with Gasteiger partial charge < -0.3 is 20.9 Å². The molecule has 3 rings (SSSR count). The summed E-state index contributed by atoms with van der Waals surface area (Å²) in [5, 5.41) is 4.81. The highest BCUT2D eigenvalue weighted by Gasteiger charge is 2.22. The van der Waals surface area contributed by atoms with Crippen molar-refractivity contribution < 1.29 is 14.4 Å². The van der Waals surface area contributed by atoms with Gasteiger partial charge in [-0.2, -0.15) is 0 Å². The summed E-state index contributed by atoms with van der Waals surface area (Å²) in [6.07, 6.45) is 3.73. The van der Waals surface area contributed by atoms with E-state index in [0.717, 1.165) is 4.21 Å². The van der Waals surface area contributed by atoms with Gasteiger partial charge in [0.05, 0.1) is 16.0 Å². The van der Waals surface area contributed by atoms with Gasteiger partial charge in [0.1, 0.15) is 11.4 Å². The third-order valence-corrected chi connectivity index (χ3v) is 5.93. The quantitative estimate of drug-likeness (QED) is 0.513. The lowest BCUT2D eigenvalue weighted by atomic mass is 10.1. The molecular formula is C17H18N4O3S2. The van der Waals surface area contributed by atoms with E-state index in [0.29, 0.717) is 18.8 Å². The van der Waals surface area contributed by atoms with E-state index in [1.165, 1.54) is 23.9 Å². The van der Waals surface area contributed by atoms with Crippen LogP contribution in [0.1, 0.15) is 21.0 Å². The Labute approximate surface area is 158 Å². The SMILES string of the molecule is NC(=O)c1ccc(C(=O)NC2C=CCN(C(=O)CSc3cccs3)C2)[nH]1. The summed E-state index contributed by atoms with van der Waals surface area (Å²) in [4.78, 5) is 40.1. The number of H-pyrrole nitrogens is 1. The zero-order valence-electron chi connectivity index (χ0n) is 13.8. The molecule has 0 radical (unpaired) electrons. The number of aromatic amines is 1. The fraction of sp³-hybridized carbons (Fsp3) is 0.235. The second kappa shape index (κ2) is 8.24. The maximum Gasteiger partial charge on any atom is 0.268 e. The molecule has 4 N–H and O–H groups in total. The van der Waals surface area contributed by atoms with E-state index in [2.05, 4.69) is 10.3 Å². The van der Waals surface area contributed by atoms with Crippen LogP contribution in [0.15, 0.2) is 46.0 Å². The maximum atomic E-state index is 12.4. The zero-order valence-corrected chi connectivity index (χ0v) is 15.4. The van der Waals surface area contributed by atoms with Crippen molar-refractivity contribution in [3.8, 4) is 0 Å². The normalized spacial score (nSPS) is 16.5. The van der Waals surface area contributed by atoms with Gasteiger partial charge in [0.25, 0.3) is 11.8 Å². The van der Waals surface area contributed by atoms with Gasteiger partial charge in [-0.25, -0.2) is 0 Å². The first kappa shape index (κ1) is 18.3. The molecule has 1 aliphatic heterocycles. The average molecular weight is 390 g/mol. The Bertz CT molecular complexity index is 829. The minimum absolute atomic E-state index is 0.0305. The molecule has 1 unspecified atom stereocenters. The summed E-state index contributed by atoms with van der Waals surface area (Å²) in [5.74, 6) is -0.577. The Morgan fingerprint density at radius 1 is 1.31 bits per heavy atom. The highest BCUT2D eigenvalue weighted by Crippen LogP contribution is 2.23. The van der Waals surface area contributed by atoms with Gasteiger partial charge in [0, 0.05) is 13.1 Å². The molecule has 0 saturated carbocycles. The van der Waals surface area contributed by atoms with Crippen LogP contribution in [0.4, 0.5) is 0 Å². The minimum atomic E-state index is -0.623. The van der Waals surface area contributed by atoms with Gasteiger partial charge in [-0.05, 0) is 23.6 Å². The molecule has 9 heteroatoms. The number of nitrogens with zero attached hydrogens (tertiary/aromatic N) is 1. The number of thioether (sulfide) groups is 1. The first-order chi connectivity index (χ1) is 12.5. The predicted octanol–water partition coefficient (Wildman–Crippen LogP) is 1.46. The van der Waals surface area contributed by atoms with Crippen LogP contribution >= 0.6 is 23.1 Å². The third kappa shape index (κ3) is 4.55. The number of nitrogens with one attached hydrogen (secondary N) is 2. The number of amides is 3. The standard InChI is InChI=1S/C17H18N4O3S2/c18-16(23)12-5-6-13(20-12)17(24)19-11-3-1-7-21(9-11)14(22)10-26-15-4-2-8-25-15/h1-6,8,11,20H,7,9-10H2,(H2,18,23)(H,19,24). The van der Waals surface area contributed by atoms with Gasteiger partial charge in [-0.3, -0.25) is 14.4 Å². The van der Waals surface area contributed by atoms with Crippen molar-refractivity contribution in [1.29, 1.82) is 0 Å². The lowest BCUT2D eigenvalue weighted by molar-refractivity contribution is -0.128. The monoisotopic (exact) mass is 390 g/mol. The minimum Gasteiger partial charge on any atom is -0.364 e. The van der Waals surface area contributed by atoms with Crippen LogP contribution in [0.3, 0.4) is 0 Å². The molecule has 26 heavy (non-hydrogen) atoms. The molecule has 0 bridgehead atoms. The molecule has 0 aromatic carbocycles. The third-order valence-electron chi connectivity index (χ3n) is 3.81. The Balaban J connectivity index is 1.53. The Morgan fingerprint density at radius 3 is 2.81 bits per heavy atom. The van der Waals surface area contributed by atoms with Crippen molar-refractivity contribution in [3.63, 3.8) is 0 Å². The molecule has 1 aliphatic rings. The molecule has 1 atom stereocenters. The van der Waals surface area contributed by atoms with Gasteiger partial charge >= 0.3 is 0 Å². The van der Waals surface area contributed by atoms with Crippen LogP contribution in [0, 0.1) is 0 Å². The Morgan fingerprint density at radius 2 is 2.12 bits per heavy atom. The highest BCUT2D eigenvalue weighted by atomic mass is 32.2. The lowest BCUT2D eigenvalue weighted by Gasteiger charge is -2.29. The van der Waals surface area contributed by atoms with Crippen molar-refractivity contribution in [2.45, 2.75) is 10.3 Å². The number of primary amides is 1. The number of carbonyl (C=O) groups excluding carboxylic acids is 3. The lowest BCUT2D eigenvalue weighted by Crippen LogP contribution is -2.47. The van der Waals surface area contributed by atoms with Crippen LogP contribution in [-0.4, -0.2) is 52.5 Å². The van der Waals surface area contributed by atoms with Crippen molar-refractivity contribution >= 4 is 40.8 Å². The van der Waals surface area contributed by atoms with Crippen molar-refractivity contribution in [3.05, 3.63) is 53.2 Å². The van der Waals surface area contributed by atoms with E-state index in [-0.39, 0.29) is 29.2 Å². The maximum absolute atomic E-state index is 12.4. The topological polar surface area (TPSA) is 108 Å². The molecule has 0 spiro atoms. The number of hydrogen-bond donors (Lipinski definition) is 3. The van der Waals surface area contributed by atoms with Crippen molar-refractivity contribution in [2.24, 2.45) is 5.73 Å². The van der Waals surface area contributed by atoms with E-state index < -0.39 is 5.91 Å². The fourth-order valence-corrected chi connectivity index (χ4v) is 4.20. The van der Waals surface area contributed by atoms with E-state index >= 15 is 0 Å². The van der Waals surface area contributed by atoms with E-state index in [4.69, 9.17) is 5.73 Å². The number of nitrogens with two attached hydrogens (primary N) is 1. The smallest absolute Gasteiger partial charge is 0.268 e. The van der Waals surface area contributed by atoms with E-state index in [9.17, 15) is 14.4 Å². The number of thiophene rings is 1. The molecular weight excluding hydrogens is 372 g/mol. The summed E-state index contributed by atoms with van der Waals surface area (Å²) in [6.45, 7) is 0.944. The summed E-state index contributed by atoms with van der Waals surface area (Å²) in [5.41, 5.74) is 5.60. The molecule has 2 aromatic rings. The van der Waals surface area contributed by atoms with Crippen molar-refractivity contribution in [1.82, 2.24) is 15.2 Å². The summed E-state index contributed by atoms with van der Waals surface area (Å²) >= 11 is 3.12. The molecule has 3 heterocycles. The molecule has 2 aromatic heterocycles. The van der Waals surface area contributed by atoms with Gasteiger partial charge in [0.2, 0.25) is 5.91 Å². The number of aromatic nitrogens is 1. The van der Waals surface area contributed by atoms with Crippen molar-refractivity contribution in [2.75, 3.05) is 18.8 Å². The number of hydrogen-bond acceptors (Lipinski definition) is 5. The molecule has 3 amide bonds. The van der Waals surface area contributed by atoms with Gasteiger partial charge in [-0.1, -0.05) is 18.2 Å². The zero-order chi connectivity index (χ0) is 18.5. The number of rotatable bonds is 6. The predicted molar refractivity (Wildman–Crippen MR) is 101 cm³/mol. The second-order valence-corrected chi connectivity index (χ2v) is 7.90. The Hall–Kier alpha value is -2.52. The van der Waals surface area contributed by atoms with Crippen LogP contribution in [0.25, 0.3) is 0 Å². The summed E-state index contributed by atoms with van der Waals surface area (Å²) < 4.78 is 1.10. The van der Waals surface area contributed by atoms with Crippen LogP contribution in [-0.2, 0) is 4.79 Å². The summed E-state index contributed by atoms with van der Waals surface area (Å²) in [7, 11) is 0.